The van der Waals surface area contributed by atoms with Crippen LogP contribution in [0.4, 0.5) is 0 Å². The number of isocyanates is 2. The Kier molecular flexibility index (Phi) is 25.8. The Morgan fingerprint density at radius 3 is 1.82 bits per heavy atom. The van der Waals surface area contributed by atoms with Crippen molar-refractivity contribution < 1.29 is 24.6 Å². The van der Waals surface area contributed by atoms with E-state index in [4.69, 9.17) is 5.11 Å². The summed E-state index contributed by atoms with van der Waals surface area (Å²) in [6.45, 7) is 2.04. The van der Waals surface area contributed by atoms with Gasteiger partial charge in [0.15, 0.2) is 6.67 Å². The average molecular weight is 551 g/mol. The van der Waals surface area contributed by atoms with Crippen LogP contribution in [0.15, 0.2) is 82.8 Å². The molecule has 0 aliphatic rings. The van der Waals surface area contributed by atoms with Gasteiger partial charge in [-0.1, -0.05) is 125 Å². The Balaban J connectivity index is 0.000000663. The number of carbonyl (C=O) groups excluding carboxylic acids is 2. The van der Waals surface area contributed by atoms with Gasteiger partial charge in [-0.2, -0.15) is 9.98 Å². The van der Waals surface area contributed by atoms with E-state index in [1.807, 2.05) is 12.1 Å². The molecule has 7 heteroatoms. The Morgan fingerprint density at radius 1 is 0.775 bits per heavy atom. The van der Waals surface area contributed by atoms with Crippen molar-refractivity contribution in [3.63, 3.8) is 0 Å². The van der Waals surface area contributed by atoms with Crippen LogP contribution in [-0.4, -0.2) is 41.1 Å². The van der Waals surface area contributed by atoms with Gasteiger partial charge in [-0.15, -0.1) is 0 Å². The zero-order valence-corrected chi connectivity index (χ0v) is 23.9. The van der Waals surface area contributed by atoms with E-state index < -0.39 is 5.97 Å². The first-order chi connectivity index (χ1) is 19.5. The summed E-state index contributed by atoms with van der Waals surface area (Å²) in [6.07, 6.45) is 19.8. The molecule has 0 fully saturated rings. The van der Waals surface area contributed by atoms with Crippen LogP contribution in [0.2, 0.25) is 0 Å². The molecule has 0 aliphatic carbocycles. The van der Waals surface area contributed by atoms with Crippen LogP contribution >= 0.6 is 0 Å². The molecule has 2 aromatic carbocycles. The van der Waals surface area contributed by atoms with Crippen LogP contribution in [0.5, 0.6) is 0 Å². The van der Waals surface area contributed by atoms with E-state index in [0.717, 1.165) is 51.4 Å². The largest absolute Gasteiger partial charge is 0.481 e. The minimum Gasteiger partial charge on any atom is -0.481 e. The van der Waals surface area contributed by atoms with Crippen LogP contribution < -0.4 is 0 Å². The second-order valence-electron chi connectivity index (χ2n) is 9.28. The highest BCUT2D eigenvalue weighted by molar-refractivity contribution is 5.66. The van der Waals surface area contributed by atoms with Gasteiger partial charge >= 0.3 is 5.97 Å². The highest BCUT2D eigenvalue weighted by Gasteiger charge is 2.00. The first-order valence-electron chi connectivity index (χ1n) is 14.3. The number of carboxylic acids is 1. The van der Waals surface area contributed by atoms with Gasteiger partial charge in [0.2, 0.25) is 12.2 Å². The molecule has 0 aromatic heterocycles. The van der Waals surface area contributed by atoms with Crippen molar-refractivity contribution in [2.45, 2.75) is 96.5 Å². The van der Waals surface area contributed by atoms with E-state index in [9.17, 15) is 19.5 Å². The van der Waals surface area contributed by atoms with Gasteiger partial charge in [-0.25, -0.2) is 9.59 Å². The molecule has 0 aliphatic heterocycles. The molecule has 2 aromatic rings. The predicted octanol–water partition coefficient (Wildman–Crippen LogP) is 8.05. The lowest BCUT2D eigenvalue weighted by atomic mass is 10.1. The number of rotatable bonds is 18. The second kappa shape index (κ2) is 28.4. The maximum atomic E-state index is 10.3. The topological polar surface area (TPSA) is 116 Å². The minimum absolute atomic E-state index is 0.160. The number of unbranched alkanes of at least 4 members (excludes halogenated alkanes) is 8. The van der Waals surface area contributed by atoms with Crippen molar-refractivity contribution in [3.05, 3.63) is 72.8 Å². The quantitative estimate of drug-likeness (QED) is 0.0843. The molecule has 1 atom stereocenters. The molecule has 0 saturated heterocycles. The fourth-order valence-electron chi connectivity index (χ4n) is 3.72. The number of carboxylic acid groups (broad SMARTS) is 1. The Morgan fingerprint density at radius 2 is 1.30 bits per heavy atom. The molecular formula is C33H46N2O5. The third kappa shape index (κ3) is 24.7. The molecule has 2 rings (SSSR count). The fourth-order valence-corrected chi connectivity index (χ4v) is 3.72. The summed E-state index contributed by atoms with van der Waals surface area (Å²) in [5, 5.41) is 18.3. The summed E-state index contributed by atoms with van der Waals surface area (Å²) in [7, 11) is 0. The van der Waals surface area contributed by atoms with Gasteiger partial charge in [0, 0.05) is 6.42 Å². The standard InChI is InChI=1S/C18H34O3.C12H10.C3H2N2O2/c1-2-3-4-11-14-17(19)15-12-9-7-5-6-8-10-13-16-18(20)21;1-3-7-11(8-4-1)12-9-5-2-6-10-12;6-2-4-1-5-3-7/h9,12,17,19H,2-8,10-11,13-16H2,1H3,(H,20,21);1-10H;1H2/b12-9-;;/t17-;;/m1../s1. The van der Waals surface area contributed by atoms with Crippen LogP contribution in [0.3, 0.4) is 0 Å². The van der Waals surface area contributed by atoms with Crippen LogP contribution in [0.25, 0.3) is 11.1 Å². The number of hydrogen-bond acceptors (Lipinski definition) is 6. The summed E-state index contributed by atoms with van der Waals surface area (Å²) in [6, 6.07) is 20.8. The minimum atomic E-state index is -0.689. The molecule has 40 heavy (non-hydrogen) atoms. The number of nitrogens with zero attached hydrogens (tertiary/aromatic N) is 2. The number of allylic oxidation sites excluding steroid dienone is 1. The van der Waals surface area contributed by atoms with Gasteiger partial charge in [0.25, 0.3) is 0 Å². The lowest BCUT2D eigenvalue weighted by Crippen LogP contribution is -2.04. The van der Waals surface area contributed by atoms with Gasteiger partial charge < -0.3 is 10.2 Å². The van der Waals surface area contributed by atoms with Gasteiger partial charge in [-0.05, 0) is 43.2 Å². The zero-order valence-electron chi connectivity index (χ0n) is 23.9. The molecule has 0 amide bonds. The van der Waals surface area contributed by atoms with Crippen molar-refractivity contribution in [3.8, 4) is 11.1 Å². The van der Waals surface area contributed by atoms with Crippen molar-refractivity contribution in [2.75, 3.05) is 6.67 Å². The van der Waals surface area contributed by atoms with Crippen molar-refractivity contribution in [1.82, 2.24) is 0 Å². The number of benzene rings is 2. The molecule has 2 N–H and O–H groups in total. The number of aliphatic hydroxyl groups excluding tert-OH is 1. The Labute approximate surface area is 239 Å². The first kappa shape index (κ1) is 36.4. The van der Waals surface area contributed by atoms with E-state index in [0.29, 0.717) is 6.42 Å². The maximum Gasteiger partial charge on any atom is 0.303 e. The molecule has 0 spiro atoms. The molecule has 0 radical (unpaired) electrons. The van der Waals surface area contributed by atoms with Gasteiger partial charge in [0.1, 0.15) is 0 Å². The number of hydrogen-bond donors (Lipinski definition) is 2. The second-order valence-corrected chi connectivity index (χ2v) is 9.28. The zero-order chi connectivity index (χ0) is 29.5. The lowest BCUT2D eigenvalue weighted by molar-refractivity contribution is -0.137. The summed E-state index contributed by atoms with van der Waals surface area (Å²) in [5.41, 5.74) is 2.55. The van der Waals surface area contributed by atoms with Gasteiger partial charge in [0.05, 0.1) is 6.10 Å². The summed E-state index contributed by atoms with van der Waals surface area (Å²) < 4.78 is 0. The smallest absolute Gasteiger partial charge is 0.303 e. The average Bonchev–Trinajstić information content (AvgIpc) is 2.98. The molecule has 0 unspecified atom stereocenters. The Hall–Kier alpha value is -3.63. The summed E-state index contributed by atoms with van der Waals surface area (Å²) in [4.78, 5) is 34.6. The number of carbonyl (C=O) groups is 1. The van der Waals surface area contributed by atoms with Crippen LogP contribution in [0.1, 0.15) is 90.4 Å². The fraction of sp³-hybridized carbons (Fsp3) is 0.485. The summed E-state index contributed by atoms with van der Waals surface area (Å²) in [5.74, 6) is -0.689. The van der Waals surface area contributed by atoms with Gasteiger partial charge in [-0.3, -0.25) is 4.79 Å². The molecule has 0 saturated carbocycles. The maximum absolute atomic E-state index is 10.3. The van der Waals surface area contributed by atoms with E-state index in [-0.39, 0.29) is 12.8 Å². The van der Waals surface area contributed by atoms with E-state index in [2.05, 4.69) is 77.6 Å². The Bertz CT molecular complexity index is 929. The third-order valence-corrected chi connectivity index (χ3v) is 5.88. The number of aliphatic hydroxyl groups is 1. The summed E-state index contributed by atoms with van der Waals surface area (Å²) >= 11 is 0. The van der Waals surface area contributed by atoms with Crippen molar-refractivity contribution >= 4 is 18.1 Å². The third-order valence-electron chi connectivity index (χ3n) is 5.88. The highest BCUT2D eigenvalue weighted by Crippen LogP contribution is 2.17. The van der Waals surface area contributed by atoms with Crippen molar-refractivity contribution in [1.29, 1.82) is 0 Å². The molecule has 7 nitrogen and oxygen atoms in total. The van der Waals surface area contributed by atoms with E-state index in [1.165, 1.54) is 49.0 Å². The van der Waals surface area contributed by atoms with E-state index >= 15 is 0 Å². The number of aliphatic imine (C=N–C) groups is 2. The van der Waals surface area contributed by atoms with E-state index in [1.54, 1.807) is 0 Å². The van der Waals surface area contributed by atoms with Crippen molar-refractivity contribution in [2.24, 2.45) is 9.98 Å². The molecule has 0 bridgehead atoms. The van der Waals surface area contributed by atoms with Crippen LogP contribution in [-0.2, 0) is 14.4 Å². The molecule has 0 heterocycles. The molecule has 218 valence electrons. The predicted molar refractivity (Wildman–Crippen MR) is 161 cm³/mol. The molecular weight excluding hydrogens is 504 g/mol. The SMILES string of the molecule is CCCCCC[C@@H](O)C/C=C\CCCCCCCC(=O)O.O=C=NCN=C=O.c1ccc(-c2ccccc2)cc1. The highest BCUT2D eigenvalue weighted by atomic mass is 16.4. The number of aliphatic carboxylic acids is 1. The first-order valence-corrected chi connectivity index (χ1v) is 14.3. The van der Waals surface area contributed by atoms with Crippen LogP contribution in [0, 0.1) is 0 Å². The lowest BCUT2D eigenvalue weighted by Gasteiger charge is -2.07. The normalized spacial score (nSPS) is 10.7. The monoisotopic (exact) mass is 550 g/mol.